The van der Waals surface area contributed by atoms with Gasteiger partial charge in [0.05, 0.1) is 19.2 Å². The lowest BCUT2D eigenvalue weighted by Gasteiger charge is -2.32. The van der Waals surface area contributed by atoms with Crippen molar-refractivity contribution < 1.29 is 9.53 Å². The molecular weight excluding hydrogens is 339 g/mol. The molecule has 0 heterocycles. The minimum Gasteiger partial charge on any atom is -0.469 e. The van der Waals surface area contributed by atoms with Crippen LogP contribution in [0, 0.1) is 0 Å². The highest BCUT2D eigenvalue weighted by molar-refractivity contribution is 7.96. The first-order valence-corrected chi connectivity index (χ1v) is 10.7. The summed E-state index contributed by atoms with van der Waals surface area (Å²) in [4.78, 5) is 12.2. The van der Waals surface area contributed by atoms with E-state index in [2.05, 4.69) is 79.7 Å². The van der Waals surface area contributed by atoms with E-state index in [0.29, 0.717) is 6.42 Å². The second kappa shape index (κ2) is 8.29. The van der Waals surface area contributed by atoms with Gasteiger partial charge in [-0.05, 0) is 43.3 Å². The van der Waals surface area contributed by atoms with Crippen LogP contribution >= 0.6 is 7.26 Å². The van der Waals surface area contributed by atoms with Crippen molar-refractivity contribution >= 4 is 29.1 Å². The molecule has 3 aromatic rings. The second-order valence-electron chi connectivity index (χ2n) is 6.36. The van der Waals surface area contributed by atoms with Gasteiger partial charge in [-0.25, -0.2) is 0 Å². The molecule has 0 spiro atoms. The molecule has 132 valence electrons. The largest absolute Gasteiger partial charge is 0.469 e. The maximum absolute atomic E-state index is 12.2. The quantitative estimate of drug-likeness (QED) is 0.490. The molecule has 0 aliphatic heterocycles. The molecule has 1 atom stereocenters. The molecule has 0 aliphatic rings. The number of carbonyl (C=O) groups is 1. The monoisotopic (exact) mass is 363 g/mol. The predicted octanol–water partition coefficient (Wildman–Crippen LogP) is 3.93. The summed E-state index contributed by atoms with van der Waals surface area (Å²) in [6.45, 7) is 2.18. The third-order valence-corrected chi connectivity index (χ3v) is 9.68. The van der Waals surface area contributed by atoms with Gasteiger partial charge in [0.2, 0.25) is 0 Å². The van der Waals surface area contributed by atoms with Crippen molar-refractivity contribution in [1.29, 1.82) is 0 Å². The fraction of sp³-hybridized carbons (Fsp3) is 0.174. The van der Waals surface area contributed by atoms with Crippen molar-refractivity contribution in [3.8, 4) is 0 Å². The molecule has 0 saturated heterocycles. The van der Waals surface area contributed by atoms with Gasteiger partial charge in [0.1, 0.15) is 23.2 Å². The number of methoxy groups -OCH3 is 1. The molecule has 3 heteroatoms. The summed E-state index contributed by atoms with van der Waals surface area (Å²) in [5.74, 6) is -0.162. The number of benzene rings is 3. The average molecular weight is 363 g/mol. The zero-order valence-electron chi connectivity index (χ0n) is 15.2. The molecule has 0 aromatic heterocycles. The summed E-state index contributed by atoms with van der Waals surface area (Å²) < 4.78 is 5.00. The van der Waals surface area contributed by atoms with Crippen LogP contribution < -0.4 is 15.9 Å². The molecule has 0 aliphatic carbocycles. The number of carbonyl (C=O) groups excluding carboxylic acids is 1. The molecule has 2 nitrogen and oxygen atoms in total. The van der Waals surface area contributed by atoms with Gasteiger partial charge in [-0.2, -0.15) is 0 Å². The number of hydrogen-bond acceptors (Lipinski definition) is 2. The Morgan fingerprint density at radius 2 is 1.12 bits per heavy atom. The normalized spacial score (nSPS) is 12.4. The Morgan fingerprint density at radius 1 is 0.769 bits per heavy atom. The maximum Gasteiger partial charge on any atom is 0.309 e. The summed E-state index contributed by atoms with van der Waals surface area (Å²) in [6, 6.07) is 31.8. The van der Waals surface area contributed by atoms with Crippen LogP contribution in [-0.2, 0) is 9.53 Å². The van der Waals surface area contributed by atoms with E-state index in [4.69, 9.17) is 4.74 Å². The number of ether oxygens (including phenoxy) is 1. The van der Waals surface area contributed by atoms with Crippen molar-refractivity contribution in [2.75, 3.05) is 7.11 Å². The Morgan fingerprint density at radius 3 is 1.42 bits per heavy atom. The van der Waals surface area contributed by atoms with E-state index in [-0.39, 0.29) is 11.6 Å². The summed E-state index contributed by atoms with van der Waals surface area (Å²) in [6.07, 6.45) is 0.392. The number of rotatable bonds is 6. The minimum absolute atomic E-state index is 0.127. The fourth-order valence-electron chi connectivity index (χ4n) is 3.66. The van der Waals surface area contributed by atoms with Gasteiger partial charge in [0.25, 0.3) is 0 Å². The third-order valence-electron chi connectivity index (χ3n) is 4.84. The summed E-state index contributed by atoms with van der Waals surface area (Å²) in [5.41, 5.74) is 0.127. The van der Waals surface area contributed by atoms with E-state index in [1.807, 2.05) is 18.2 Å². The van der Waals surface area contributed by atoms with E-state index in [1.165, 1.54) is 23.0 Å². The van der Waals surface area contributed by atoms with Crippen LogP contribution in [0.1, 0.15) is 13.3 Å². The van der Waals surface area contributed by atoms with E-state index in [1.54, 1.807) is 0 Å². The van der Waals surface area contributed by atoms with Crippen LogP contribution in [0.25, 0.3) is 0 Å². The van der Waals surface area contributed by atoms with Crippen LogP contribution in [0.3, 0.4) is 0 Å². The van der Waals surface area contributed by atoms with Gasteiger partial charge < -0.3 is 4.74 Å². The lowest BCUT2D eigenvalue weighted by molar-refractivity contribution is -0.140. The number of hydrogen-bond donors (Lipinski definition) is 0. The molecule has 0 saturated carbocycles. The summed E-state index contributed by atoms with van der Waals surface area (Å²) in [7, 11) is -0.551. The van der Waals surface area contributed by atoms with Crippen molar-refractivity contribution in [2.45, 2.75) is 19.0 Å². The molecule has 0 N–H and O–H groups in total. The summed E-state index contributed by atoms with van der Waals surface area (Å²) in [5, 5.41) is 3.86. The predicted molar refractivity (Wildman–Crippen MR) is 111 cm³/mol. The van der Waals surface area contributed by atoms with Crippen LogP contribution in [-0.4, -0.2) is 18.7 Å². The maximum atomic E-state index is 12.2. The Bertz CT molecular complexity index is 735. The van der Waals surface area contributed by atoms with Gasteiger partial charge in [-0.15, -0.1) is 0 Å². The average Bonchev–Trinajstić information content (AvgIpc) is 2.71. The van der Waals surface area contributed by atoms with Gasteiger partial charge in [-0.1, -0.05) is 54.6 Å². The second-order valence-corrected chi connectivity index (χ2v) is 10.2. The standard InChI is InChI=1S/C23H24O2P/c1-19(18-23(24)25-2)26(20-12-6-3-7-13-20,21-14-8-4-9-15-21)22-16-10-5-11-17-22/h3-17,19H,18H2,1-2H3/q+1. The third kappa shape index (κ3) is 3.43. The molecule has 26 heavy (non-hydrogen) atoms. The lowest BCUT2D eigenvalue weighted by atomic mass is 10.3. The molecule has 3 rings (SSSR count). The van der Waals surface area contributed by atoms with E-state index in [9.17, 15) is 4.79 Å². The van der Waals surface area contributed by atoms with E-state index in [0.717, 1.165) is 0 Å². The van der Waals surface area contributed by atoms with Crippen molar-refractivity contribution in [2.24, 2.45) is 0 Å². The molecule has 3 aromatic carbocycles. The van der Waals surface area contributed by atoms with Crippen molar-refractivity contribution in [3.63, 3.8) is 0 Å². The van der Waals surface area contributed by atoms with Gasteiger partial charge in [-0.3, -0.25) is 4.79 Å². The highest BCUT2D eigenvalue weighted by Gasteiger charge is 2.50. The van der Waals surface area contributed by atoms with Crippen LogP contribution in [0.15, 0.2) is 91.0 Å². The van der Waals surface area contributed by atoms with Gasteiger partial charge in [0, 0.05) is 0 Å². The summed E-state index contributed by atoms with van der Waals surface area (Å²) >= 11 is 0. The van der Waals surface area contributed by atoms with E-state index >= 15 is 0 Å². The highest BCUT2D eigenvalue weighted by atomic mass is 31.2. The molecule has 1 unspecified atom stereocenters. The Kier molecular flexibility index (Phi) is 5.85. The molecule has 0 fully saturated rings. The molecule has 0 bridgehead atoms. The zero-order valence-corrected chi connectivity index (χ0v) is 16.1. The van der Waals surface area contributed by atoms with E-state index < -0.39 is 7.26 Å². The topological polar surface area (TPSA) is 26.3 Å². The first kappa shape index (κ1) is 18.4. The van der Waals surface area contributed by atoms with Crippen LogP contribution in [0.4, 0.5) is 0 Å². The van der Waals surface area contributed by atoms with Crippen molar-refractivity contribution in [1.82, 2.24) is 0 Å². The first-order chi connectivity index (χ1) is 12.7. The number of esters is 1. The molecule has 0 radical (unpaired) electrons. The smallest absolute Gasteiger partial charge is 0.309 e. The molecular formula is C23H24O2P+. The van der Waals surface area contributed by atoms with Crippen LogP contribution in [0.2, 0.25) is 0 Å². The minimum atomic E-state index is -2.01. The van der Waals surface area contributed by atoms with Crippen molar-refractivity contribution in [3.05, 3.63) is 91.0 Å². The Labute approximate surface area is 156 Å². The fourth-order valence-corrected chi connectivity index (χ4v) is 8.43. The van der Waals surface area contributed by atoms with Gasteiger partial charge >= 0.3 is 5.97 Å². The lowest BCUT2D eigenvalue weighted by Crippen LogP contribution is -2.38. The Hall–Kier alpha value is -2.44. The molecule has 0 amide bonds. The highest BCUT2D eigenvalue weighted by Crippen LogP contribution is 2.60. The van der Waals surface area contributed by atoms with Gasteiger partial charge in [0.15, 0.2) is 0 Å². The van der Waals surface area contributed by atoms with Crippen LogP contribution in [0.5, 0.6) is 0 Å². The zero-order chi connectivity index (χ0) is 18.4. The Balaban J connectivity index is 2.30. The first-order valence-electron chi connectivity index (χ1n) is 8.82. The SMILES string of the molecule is COC(=O)CC(C)[P+](c1ccccc1)(c1ccccc1)c1ccccc1.